The Bertz CT molecular complexity index is 929. The number of nitrogens with zero attached hydrogens (tertiary/aromatic N) is 1. The SMILES string of the molecule is CC[C@@H](NC(=O)CN(c1cccc(Cl)c1)S(C)(=O)=O)c1ccc(C)c(C)c1. The average molecular weight is 409 g/mol. The highest BCUT2D eigenvalue weighted by atomic mass is 35.5. The number of carbonyl (C=O) groups excluding carboxylic acids is 1. The Kier molecular flexibility index (Phi) is 6.89. The van der Waals surface area contributed by atoms with Gasteiger partial charge in [-0.3, -0.25) is 9.10 Å². The van der Waals surface area contributed by atoms with Crippen LogP contribution in [0.2, 0.25) is 5.02 Å². The Morgan fingerprint density at radius 3 is 2.41 bits per heavy atom. The number of benzene rings is 2. The first-order valence-electron chi connectivity index (χ1n) is 8.71. The molecule has 1 N–H and O–H groups in total. The maximum Gasteiger partial charge on any atom is 0.241 e. The van der Waals surface area contributed by atoms with E-state index in [9.17, 15) is 13.2 Å². The first-order chi connectivity index (χ1) is 12.6. The molecule has 0 saturated carbocycles. The number of nitrogens with one attached hydrogen (secondary N) is 1. The number of sulfonamides is 1. The van der Waals surface area contributed by atoms with E-state index < -0.39 is 10.0 Å². The van der Waals surface area contributed by atoms with Gasteiger partial charge in [0.15, 0.2) is 0 Å². The van der Waals surface area contributed by atoms with Crippen LogP contribution in [0.1, 0.15) is 36.1 Å². The number of anilines is 1. The van der Waals surface area contributed by atoms with Crippen molar-refractivity contribution in [2.45, 2.75) is 33.2 Å². The lowest BCUT2D eigenvalue weighted by Crippen LogP contribution is -2.41. The third-order valence-electron chi connectivity index (χ3n) is 4.46. The molecule has 2 rings (SSSR count). The van der Waals surface area contributed by atoms with E-state index in [1.807, 2.05) is 32.9 Å². The van der Waals surface area contributed by atoms with Crippen LogP contribution < -0.4 is 9.62 Å². The highest BCUT2D eigenvalue weighted by Crippen LogP contribution is 2.23. The van der Waals surface area contributed by atoms with Gasteiger partial charge in [0.05, 0.1) is 18.0 Å². The smallest absolute Gasteiger partial charge is 0.241 e. The molecule has 0 radical (unpaired) electrons. The summed E-state index contributed by atoms with van der Waals surface area (Å²) in [4.78, 5) is 12.6. The van der Waals surface area contributed by atoms with Gasteiger partial charge in [0.1, 0.15) is 6.54 Å². The normalized spacial score (nSPS) is 12.5. The van der Waals surface area contributed by atoms with E-state index >= 15 is 0 Å². The minimum absolute atomic E-state index is 0.183. The quantitative estimate of drug-likeness (QED) is 0.753. The predicted molar refractivity (Wildman–Crippen MR) is 111 cm³/mol. The van der Waals surface area contributed by atoms with Crippen LogP contribution >= 0.6 is 11.6 Å². The van der Waals surface area contributed by atoms with Crippen LogP contribution in [-0.4, -0.2) is 27.1 Å². The van der Waals surface area contributed by atoms with Gasteiger partial charge in [0, 0.05) is 5.02 Å². The zero-order valence-electron chi connectivity index (χ0n) is 16.0. The lowest BCUT2D eigenvalue weighted by molar-refractivity contribution is -0.120. The highest BCUT2D eigenvalue weighted by Gasteiger charge is 2.22. The molecule has 0 aliphatic heterocycles. The van der Waals surface area contributed by atoms with E-state index in [0.717, 1.165) is 21.7 Å². The number of halogens is 1. The molecule has 146 valence electrons. The second-order valence-electron chi connectivity index (χ2n) is 6.62. The summed E-state index contributed by atoms with van der Waals surface area (Å²) in [5.74, 6) is -0.370. The summed E-state index contributed by atoms with van der Waals surface area (Å²) < 4.78 is 25.4. The molecule has 27 heavy (non-hydrogen) atoms. The molecule has 0 saturated heterocycles. The van der Waals surface area contributed by atoms with Crippen LogP contribution in [0.15, 0.2) is 42.5 Å². The predicted octanol–water partition coefficient (Wildman–Crippen LogP) is 3.99. The summed E-state index contributed by atoms with van der Waals surface area (Å²) in [6.45, 7) is 5.73. The van der Waals surface area contributed by atoms with Crippen LogP contribution in [0, 0.1) is 13.8 Å². The maximum absolute atomic E-state index is 12.6. The Morgan fingerprint density at radius 1 is 1.15 bits per heavy atom. The van der Waals surface area contributed by atoms with Gasteiger partial charge in [-0.2, -0.15) is 0 Å². The fraction of sp³-hybridized carbons (Fsp3) is 0.350. The number of rotatable bonds is 7. The fourth-order valence-electron chi connectivity index (χ4n) is 2.80. The molecule has 0 fully saturated rings. The molecule has 0 aliphatic rings. The molecule has 0 bridgehead atoms. The van der Waals surface area contributed by atoms with E-state index in [2.05, 4.69) is 11.4 Å². The van der Waals surface area contributed by atoms with Crippen molar-refractivity contribution in [1.82, 2.24) is 5.32 Å². The van der Waals surface area contributed by atoms with Crippen LogP contribution in [0.4, 0.5) is 5.69 Å². The molecule has 0 aliphatic carbocycles. The third kappa shape index (κ3) is 5.71. The van der Waals surface area contributed by atoms with Crippen LogP contribution in [0.3, 0.4) is 0 Å². The molecule has 2 aromatic carbocycles. The third-order valence-corrected chi connectivity index (χ3v) is 5.84. The molecule has 1 atom stereocenters. The van der Waals surface area contributed by atoms with Gasteiger partial charge in [-0.1, -0.05) is 42.8 Å². The molecule has 2 aromatic rings. The van der Waals surface area contributed by atoms with Gasteiger partial charge in [0.25, 0.3) is 0 Å². The van der Waals surface area contributed by atoms with Crippen LogP contribution in [-0.2, 0) is 14.8 Å². The molecule has 0 unspecified atom stereocenters. The van der Waals surface area contributed by atoms with Gasteiger partial charge >= 0.3 is 0 Å². The van der Waals surface area contributed by atoms with Crippen molar-refractivity contribution in [1.29, 1.82) is 0 Å². The molecule has 0 heterocycles. The van der Waals surface area contributed by atoms with Gasteiger partial charge in [-0.05, 0) is 55.2 Å². The largest absolute Gasteiger partial charge is 0.348 e. The lowest BCUT2D eigenvalue weighted by Gasteiger charge is -2.24. The summed E-state index contributed by atoms with van der Waals surface area (Å²) >= 11 is 5.97. The number of carbonyl (C=O) groups is 1. The molecule has 1 amide bonds. The van der Waals surface area contributed by atoms with E-state index in [1.54, 1.807) is 18.2 Å². The molecule has 7 heteroatoms. The lowest BCUT2D eigenvalue weighted by atomic mass is 9.99. The van der Waals surface area contributed by atoms with E-state index in [-0.39, 0.29) is 18.5 Å². The standard InChI is InChI=1S/C20H25ClN2O3S/c1-5-19(16-10-9-14(2)15(3)11-16)22-20(24)13-23(27(4,25)26)18-8-6-7-17(21)12-18/h6-12,19H,5,13H2,1-4H3,(H,22,24)/t19-/m1/s1. The van der Waals surface area contributed by atoms with Gasteiger partial charge in [0.2, 0.25) is 15.9 Å². The Morgan fingerprint density at radius 2 is 1.85 bits per heavy atom. The first kappa shape index (κ1) is 21.3. The molecule has 0 spiro atoms. The second-order valence-corrected chi connectivity index (χ2v) is 8.96. The van der Waals surface area contributed by atoms with Crippen molar-refractivity contribution in [3.8, 4) is 0 Å². The highest BCUT2D eigenvalue weighted by molar-refractivity contribution is 7.92. The van der Waals surface area contributed by atoms with Gasteiger partial charge < -0.3 is 5.32 Å². The van der Waals surface area contributed by atoms with Crippen molar-refractivity contribution in [2.75, 3.05) is 17.1 Å². The zero-order chi connectivity index (χ0) is 20.2. The van der Waals surface area contributed by atoms with Crippen molar-refractivity contribution < 1.29 is 13.2 Å². The monoisotopic (exact) mass is 408 g/mol. The summed E-state index contributed by atoms with van der Waals surface area (Å²) in [7, 11) is -3.64. The average Bonchev–Trinajstić information content (AvgIpc) is 2.59. The minimum Gasteiger partial charge on any atom is -0.348 e. The summed E-state index contributed by atoms with van der Waals surface area (Å²) in [5, 5.41) is 3.34. The number of amides is 1. The van der Waals surface area contributed by atoms with E-state index in [4.69, 9.17) is 11.6 Å². The van der Waals surface area contributed by atoms with Crippen molar-refractivity contribution in [2.24, 2.45) is 0 Å². The number of hydrogen-bond acceptors (Lipinski definition) is 3. The van der Waals surface area contributed by atoms with Crippen LogP contribution in [0.5, 0.6) is 0 Å². The first-order valence-corrected chi connectivity index (χ1v) is 10.9. The minimum atomic E-state index is -3.64. The Labute approximate surface area is 166 Å². The van der Waals surface area contributed by atoms with Crippen molar-refractivity contribution in [3.63, 3.8) is 0 Å². The molecular weight excluding hydrogens is 384 g/mol. The summed E-state index contributed by atoms with van der Waals surface area (Å²) in [6.07, 6.45) is 1.77. The maximum atomic E-state index is 12.6. The van der Waals surface area contributed by atoms with Gasteiger partial charge in [-0.15, -0.1) is 0 Å². The second kappa shape index (κ2) is 8.76. The van der Waals surface area contributed by atoms with Gasteiger partial charge in [-0.25, -0.2) is 8.42 Å². The van der Waals surface area contributed by atoms with E-state index in [0.29, 0.717) is 17.1 Å². The molecule has 5 nitrogen and oxygen atoms in total. The molecule has 0 aromatic heterocycles. The fourth-order valence-corrected chi connectivity index (χ4v) is 3.84. The summed E-state index contributed by atoms with van der Waals surface area (Å²) in [5.41, 5.74) is 3.70. The van der Waals surface area contributed by atoms with E-state index in [1.165, 1.54) is 11.6 Å². The number of aryl methyl sites for hydroxylation is 2. The van der Waals surface area contributed by atoms with Crippen molar-refractivity contribution >= 4 is 33.2 Å². The molecular formula is C20H25ClN2O3S. The Balaban J connectivity index is 2.20. The topological polar surface area (TPSA) is 66.5 Å². The van der Waals surface area contributed by atoms with Crippen molar-refractivity contribution in [3.05, 3.63) is 64.2 Å². The zero-order valence-corrected chi connectivity index (χ0v) is 17.6. The Hall–Kier alpha value is -2.05. The number of hydrogen-bond donors (Lipinski definition) is 1. The summed E-state index contributed by atoms with van der Waals surface area (Å²) in [6, 6.07) is 12.3. The van der Waals surface area contributed by atoms with Crippen LogP contribution in [0.25, 0.3) is 0 Å².